The maximum atomic E-state index is 12.7. The molecule has 0 saturated heterocycles. The summed E-state index contributed by atoms with van der Waals surface area (Å²) in [5.41, 5.74) is 0. The van der Waals surface area contributed by atoms with Crippen LogP contribution in [0.5, 0.6) is 0 Å². The summed E-state index contributed by atoms with van der Waals surface area (Å²) in [6.07, 6.45) is 55.2. The van der Waals surface area contributed by atoms with Gasteiger partial charge in [-0.2, -0.15) is 0 Å². The molecular weight excluding hydrogens is 822 g/mol. The molecule has 0 aliphatic heterocycles. The summed E-state index contributed by atoms with van der Waals surface area (Å²) < 4.78 is 34.4. The molecule has 0 aromatic carbocycles. The summed E-state index contributed by atoms with van der Waals surface area (Å²) in [4.78, 5) is 35.5. The molecule has 2 unspecified atom stereocenters. The monoisotopic (exact) mass is 925 g/mol. The minimum atomic E-state index is -4.38. The van der Waals surface area contributed by atoms with Crippen molar-refractivity contribution in [3.63, 3.8) is 0 Å². The van der Waals surface area contributed by atoms with Crippen LogP contribution in [0.15, 0.2) is 36.5 Å². The van der Waals surface area contributed by atoms with Crippen LogP contribution >= 0.6 is 7.82 Å². The average Bonchev–Trinajstić information content (AvgIpc) is 3.25. The number of rotatable bonds is 49. The summed E-state index contributed by atoms with van der Waals surface area (Å²) in [7, 11) is 1.46. The Kier molecular flexibility index (Phi) is 45.1. The summed E-state index contributed by atoms with van der Waals surface area (Å²) in [6.45, 7) is 4.31. The van der Waals surface area contributed by atoms with Crippen molar-refractivity contribution in [2.75, 3.05) is 47.5 Å². The van der Waals surface area contributed by atoms with Gasteiger partial charge in [0.05, 0.1) is 27.7 Å². The van der Waals surface area contributed by atoms with Gasteiger partial charge in [0.15, 0.2) is 6.10 Å². The van der Waals surface area contributed by atoms with E-state index in [0.29, 0.717) is 17.4 Å². The van der Waals surface area contributed by atoms with Gasteiger partial charge < -0.3 is 18.9 Å². The Labute approximate surface area is 395 Å². The van der Waals surface area contributed by atoms with Crippen molar-refractivity contribution < 1.29 is 42.1 Å². The van der Waals surface area contributed by atoms with E-state index >= 15 is 0 Å². The van der Waals surface area contributed by atoms with E-state index in [2.05, 4.69) is 50.3 Å². The lowest BCUT2D eigenvalue weighted by Gasteiger charge is -2.24. The Morgan fingerprint density at radius 3 is 1.33 bits per heavy atom. The van der Waals surface area contributed by atoms with Gasteiger partial charge in [0.1, 0.15) is 19.8 Å². The highest BCUT2D eigenvalue weighted by Gasteiger charge is 2.27. The highest BCUT2D eigenvalue weighted by atomic mass is 31.2. The zero-order valence-electron chi connectivity index (χ0n) is 42.5. The Balaban J connectivity index is 4.08. The maximum Gasteiger partial charge on any atom is 0.472 e. The third-order valence-electron chi connectivity index (χ3n) is 11.7. The Morgan fingerprint density at radius 1 is 0.500 bits per heavy atom. The molecule has 0 aliphatic rings. The van der Waals surface area contributed by atoms with Crippen LogP contribution in [0.25, 0.3) is 0 Å². The fourth-order valence-electron chi connectivity index (χ4n) is 7.56. The lowest BCUT2D eigenvalue weighted by molar-refractivity contribution is -0.870. The van der Waals surface area contributed by atoms with Gasteiger partial charge in [-0.3, -0.25) is 18.6 Å². The number of nitrogens with zero attached hydrogens (tertiary/aromatic N) is 1. The topological polar surface area (TPSA) is 108 Å². The fourth-order valence-corrected chi connectivity index (χ4v) is 8.30. The number of allylic oxidation sites excluding steroid dienone is 6. The molecule has 0 aromatic heterocycles. The lowest BCUT2D eigenvalue weighted by Crippen LogP contribution is -2.37. The first-order valence-electron chi connectivity index (χ1n) is 26.7. The van der Waals surface area contributed by atoms with E-state index in [9.17, 15) is 19.0 Å². The SMILES string of the molecule is CC/C=C\C/C=C\C/C=C\CCCCCC(=O)OC(COC(=O)CCCCCCCCCCCCCCCCCCCCCCCCCCCCC)COP(=O)(O)OCC[N+](C)(C)C. The Bertz CT molecular complexity index is 1180. The molecule has 9 nitrogen and oxygen atoms in total. The number of likely N-dealkylation sites (N-methyl/N-ethyl adjacent to an activating group) is 1. The molecule has 10 heteroatoms. The predicted molar refractivity (Wildman–Crippen MR) is 270 cm³/mol. The van der Waals surface area contributed by atoms with Gasteiger partial charge in [-0.1, -0.05) is 224 Å². The molecular formula is C54H103NO8P+. The molecule has 0 rings (SSSR count). The summed E-state index contributed by atoms with van der Waals surface area (Å²) in [6, 6.07) is 0. The van der Waals surface area contributed by atoms with Gasteiger partial charge >= 0.3 is 19.8 Å². The molecule has 0 aromatic rings. The standard InChI is InChI=1S/C54H102NO8P/c1-6-8-10-12-14-16-18-20-21-22-23-24-25-26-27-28-29-30-31-32-33-35-36-38-40-42-44-46-53(56)60-50-52(51-62-64(58,59)61-49-48-55(3,4)5)63-54(57)47-45-43-41-39-37-34-19-17-15-13-11-9-7-2/h9,11,15,17,34,37,52H,6-8,10,12-14,16,18-33,35-36,38-51H2,1-5H3/p+1/b11-9-,17-15-,37-34-. The number of unbranched alkanes of at least 4 members (excludes halogenated alkanes) is 29. The molecule has 0 radical (unpaired) electrons. The molecule has 2 atom stereocenters. The van der Waals surface area contributed by atoms with Crippen LogP contribution in [0.2, 0.25) is 0 Å². The second-order valence-electron chi connectivity index (χ2n) is 19.2. The normalized spacial score (nSPS) is 13.7. The van der Waals surface area contributed by atoms with E-state index in [4.69, 9.17) is 18.5 Å². The molecule has 64 heavy (non-hydrogen) atoms. The molecule has 376 valence electrons. The van der Waals surface area contributed by atoms with Crippen molar-refractivity contribution in [3.8, 4) is 0 Å². The van der Waals surface area contributed by atoms with Crippen LogP contribution < -0.4 is 0 Å². The third-order valence-corrected chi connectivity index (χ3v) is 12.7. The lowest BCUT2D eigenvalue weighted by atomic mass is 10.0. The van der Waals surface area contributed by atoms with Gasteiger partial charge in [-0.25, -0.2) is 4.57 Å². The van der Waals surface area contributed by atoms with E-state index in [1.807, 2.05) is 21.1 Å². The highest BCUT2D eigenvalue weighted by Crippen LogP contribution is 2.43. The van der Waals surface area contributed by atoms with Gasteiger partial charge in [0.25, 0.3) is 0 Å². The molecule has 1 N–H and O–H groups in total. The number of hydrogen-bond donors (Lipinski definition) is 1. The molecule has 0 aliphatic carbocycles. The first-order chi connectivity index (χ1) is 31.0. The molecule has 0 spiro atoms. The number of quaternary nitrogens is 1. The van der Waals surface area contributed by atoms with E-state index in [-0.39, 0.29) is 32.0 Å². The first-order valence-corrected chi connectivity index (χ1v) is 28.2. The quantitative estimate of drug-likeness (QED) is 0.0211. The number of ether oxygens (including phenoxy) is 2. The predicted octanol–water partition coefficient (Wildman–Crippen LogP) is 16.0. The van der Waals surface area contributed by atoms with Gasteiger partial charge in [0, 0.05) is 12.8 Å². The van der Waals surface area contributed by atoms with Crippen molar-refractivity contribution >= 4 is 19.8 Å². The Morgan fingerprint density at radius 2 is 0.891 bits per heavy atom. The first kappa shape index (κ1) is 62.2. The van der Waals surface area contributed by atoms with E-state index < -0.39 is 26.5 Å². The van der Waals surface area contributed by atoms with Gasteiger partial charge in [-0.15, -0.1) is 0 Å². The number of hydrogen-bond acceptors (Lipinski definition) is 7. The largest absolute Gasteiger partial charge is 0.472 e. The number of esters is 2. The maximum absolute atomic E-state index is 12.7. The number of carbonyl (C=O) groups is 2. The average molecular weight is 925 g/mol. The zero-order chi connectivity index (χ0) is 47.1. The van der Waals surface area contributed by atoms with E-state index in [1.54, 1.807) is 0 Å². The second-order valence-corrected chi connectivity index (χ2v) is 20.7. The second kappa shape index (κ2) is 46.3. The number of phosphoric ester groups is 1. The van der Waals surface area contributed by atoms with Crippen LogP contribution in [0.4, 0.5) is 0 Å². The van der Waals surface area contributed by atoms with Crippen LogP contribution in [-0.4, -0.2) is 74.9 Å². The number of carbonyl (C=O) groups excluding carboxylic acids is 2. The van der Waals surface area contributed by atoms with Crippen LogP contribution in [0.3, 0.4) is 0 Å². The van der Waals surface area contributed by atoms with Crippen molar-refractivity contribution in [3.05, 3.63) is 36.5 Å². The van der Waals surface area contributed by atoms with Crippen LogP contribution in [0.1, 0.15) is 245 Å². The summed E-state index contributed by atoms with van der Waals surface area (Å²) >= 11 is 0. The molecule has 0 fully saturated rings. The minimum absolute atomic E-state index is 0.0267. The van der Waals surface area contributed by atoms with Crippen molar-refractivity contribution in [1.29, 1.82) is 0 Å². The minimum Gasteiger partial charge on any atom is -0.462 e. The smallest absolute Gasteiger partial charge is 0.462 e. The van der Waals surface area contributed by atoms with E-state index in [1.165, 1.54) is 154 Å². The van der Waals surface area contributed by atoms with E-state index in [0.717, 1.165) is 57.8 Å². The molecule has 0 heterocycles. The zero-order valence-corrected chi connectivity index (χ0v) is 43.4. The van der Waals surface area contributed by atoms with Gasteiger partial charge in [0.2, 0.25) is 0 Å². The van der Waals surface area contributed by atoms with Crippen LogP contribution in [-0.2, 0) is 32.7 Å². The summed E-state index contributed by atoms with van der Waals surface area (Å²) in [5.74, 6) is -0.823. The van der Waals surface area contributed by atoms with Crippen molar-refractivity contribution in [2.45, 2.75) is 251 Å². The molecule has 0 bridgehead atoms. The van der Waals surface area contributed by atoms with Crippen molar-refractivity contribution in [2.24, 2.45) is 0 Å². The number of phosphoric acid groups is 1. The van der Waals surface area contributed by atoms with Crippen LogP contribution in [0, 0.1) is 0 Å². The molecule has 0 saturated carbocycles. The highest BCUT2D eigenvalue weighted by molar-refractivity contribution is 7.47. The summed E-state index contributed by atoms with van der Waals surface area (Å²) in [5, 5.41) is 0. The molecule has 0 amide bonds. The fraction of sp³-hybridized carbons (Fsp3) is 0.852. The Hall–Kier alpha value is -1.77. The van der Waals surface area contributed by atoms with Crippen molar-refractivity contribution in [1.82, 2.24) is 0 Å². The third kappa shape index (κ3) is 49.7. The van der Waals surface area contributed by atoms with Gasteiger partial charge in [-0.05, 0) is 44.9 Å².